The van der Waals surface area contributed by atoms with Crippen LogP contribution < -0.4 is 16.0 Å². The average molecular weight is 353 g/mol. The van der Waals surface area contributed by atoms with E-state index in [-0.39, 0.29) is 12.0 Å². The maximum atomic E-state index is 12.0. The number of halogens is 1. The van der Waals surface area contributed by atoms with E-state index in [1.54, 1.807) is 7.05 Å². The highest BCUT2D eigenvalue weighted by atomic mass is 35.5. The zero-order chi connectivity index (χ0) is 17.4. The second-order valence-electron chi connectivity index (χ2n) is 5.80. The van der Waals surface area contributed by atoms with Gasteiger partial charge in [-0.1, -0.05) is 17.7 Å². The number of aliphatic imine (C=N–C) groups is 1. The van der Waals surface area contributed by atoms with Crippen LogP contribution >= 0.6 is 11.6 Å². The summed E-state index contributed by atoms with van der Waals surface area (Å²) in [4.78, 5) is 16.1. The summed E-state index contributed by atoms with van der Waals surface area (Å²) in [5.74, 6) is 0.578. The Morgan fingerprint density at radius 3 is 2.92 bits per heavy atom. The van der Waals surface area contributed by atoms with Gasteiger partial charge in [-0.15, -0.1) is 0 Å². The van der Waals surface area contributed by atoms with Gasteiger partial charge in [0.2, 0.25) is 5.91 Å². The first-order valence-corrected chi connectivity index (χ1v) is 8.58. The summed E-state index contributed by atoms with van der Waals surface area (Å²) < 4.78 is 5.55. The Morgan fingerprint density at radius 1 is 1.42 bits per heavy atom. The topological polar surface area (TPSA) is 74.8 Å². The van der Waals surface area contributed by atoms with Crippen molar-refractivity contribution in [2.75, 3.05) is 32.1 Å². The van der Waals surface area contributed by atoms with Crippen molar-refractivity contribution in [1.82, 2.24) is 10.6 Å². The number of guanidine groups is 1. The first kappa shape index (κ1) is 18.5. The van der Waals surface area contributed by atoms with Gasteiger partial charge in [0.25, 0.3) is 0 Å². The van der Waals surface area contributed by atoms with Gasteiger partial charge in [-0.2, -0.15) is 0 Å². The molecule has 1 amide bonds. The van der Waals surface area contributed by atoms with E-state index in [4.69, 9.17) is 16.3 Å². The van der Waals surface area contributed by atoms with Gasteiger partial charge in [-0.3, -0.25) is 9.79 Å². The molecule has 24 heavy (non-hydrogen) atoms. The molecule has 1 aromatic carbocycles. The molecule has 0 radical (unpaired) electrons. The molecule has 0 aromatic heterocycles. The van der Waals surface area contributed by atoms with E-state index >= 15 is 0 Å². The Labute approximate surface area is 148 Å². The summed E-state index contributed by atoms with van der Waals surface area (Å²) in [5.41, 5.74) is 1.69. The molecule has 1 heterocycles. The maximum Gasteiger partial charge on any atom is 0.226 e. The average Bonchev–Trinajstić information content (AvgIpc) is 3.07. The number of anilines is 1. The smallest absolute Gasteiger partial charge is 0.226 e. The molecule has 7 heteroatoms. The van der Waals surface area contributed by atoms with Crippen LogP contribution in [-0.4, -0.2) is 44.7 Å². The van der Waals surface area contributed by atoms with Gasteiger partial charge in [0.05, 0.1) is 16.8 Å². The van der Waals surface area contributed by atoms with Crippen molar-refractivity contribution >= 4 is 29.2 Å². The predicted octanol–water partition coefficient (Wildman–Crippen LogP) is 2.32. The van der Waals surface area contributed by atoms with Crippen LogP contribution in [0.1, 0.15) is 24.8 Å². The number of benzene rings is 1. The minimum atomic E-state index is -0.0946. The minimum absolute atomic E-state index is 0.0946. The molecule has 0 saturated carbocycles. The second kappa shape index (κ2) is 9.49. The van der Waals surface area contributed by atoms with Crippen LogP contribution in [0.4, 0.5) is 5.69 Å². The number of hydrogen-bond donors (Lipinski definition) is 3. The van der Waals surface area contributed by atoms with Gasteiger partial charge in [-0.25, -0.2) is 0 Å². The van der Waals surface area contributed by atoms with Crippen molar-refractivity contribution in [2.24, 2.45) is 4.99 Å². The SMILES string of the molecule is CN=C(NCCC(=O)Nc1ccc(C)cc1Cl)NCC1CCCO1. The third kappa shape index (κ3) is 6.02. The first-order valence-electron chi connectivity index (χ1n) is 8.20. The molecule has 132 valence electrons. The van der Waals surface area contributed by atoms with Crippen molar-refractivity contribution in [2.45, 2.75) is 32.3 Å². The number of hydrogen-bond acceptors (Lipinski definition) is 3. The summed E-state index contributed by atoms with van der Waals surface area (Å²) in [6.07, 6.45) is 2.75. The Hall–Kier alpha value is -1.79. The molecule has 1 aromatic rings. The van der Waals surface area contributed by atoms with Gasteiger partial charge in [0.1, 0.15) is 0 Å². The monoisotopic (exact) mass is 352 g/mol. The van der Waals surface area contributed by atoms with Crippen LogP contribution in [-0.2, 0) is 9.53 Å². The molecular weight excluding hydrogens is 328 g/mol. The summed E-state index contributed by atoms with van der Waals surface area (Å²) >= 11 is 6.11. The van der Waals surface area contributed by atoms with E-state index in [1.165, 1.54) is 0 Å². The Balaban J connectivity index is 1.68. The Bertz CT molecular complexity index is 586. The number of amides is 1. The normalized spacial score (nSPS) is 17.6. The van der Waals surface area contributed by atoms with Crippen LogP contribution in [0, 0.1) is 6.92 Å². The third-order valence-electron chi connectivity index (χ3n) is 3.79. The second-order valence-corrected chi connectivity index (χ2v) is 6.20. The van der Waals surface area contributed by atoms with Crippen molar-refractivity contribution in [3.63, 3.8) is 0 Å². The van der Waals surface area contributed by atoms with Crippen molar-refractivity contribution in [1.29, 1.82) is 0 Å². The number of nitrogens with one attached hydrogen (secondary N) is 3. The number of carbonyl (C=O) groups is 1. The predicted molar refractivity (Wildman–Crippen MR) is 97.8 cm³/mol. The molecule has 0 bridgehead atoms. The molecule has 1 fully saturated rings. The number of carbonyl (C=O) groups excluding carboxylic acids is 1. The fourth-order valence-corrected chi connectivity index (χ4v) is 2.75. The molecule has 1 aliphatic heterocycles. The third-order valence-corrected chi connectivity index (χ3v) is 4.10. The standard InChI is InChI=1S/C17H25ClN4O2/c1-12-5-6-15(14(18)10-12)22-16(23)7-8-20-17(19-2)21-11-13-4-3-9-24-13/h5-6,10,13H,3-4,7-9,11H2,1-2H3,(H,22,23)(H2,19,20,21). The molecule has 0 spiro atoms. The molecule has 2 rings (SSSR count). The van der Waals surface area contributed by atoms with Crippen molar-refractivity contribution < 1.29 is 9.53 Å². The quantitative estimate of drug-likeness (QED) is 0.542. The summed E-state index contributed by atoms with van der Waals surface area (Å²) in [7, 11) is 1.71. The molecule has 1 unspecified atom stereocenters. The van der Waals surface area contributed by atoms with Crippen molar-refractivity contribution in [3.8, 4) is 0 Å². The minimum Gasteiger partial charge on any atom is -0.376 e. The lowest BCUT2D eigenvalue weighted by atomic mass is 10.2. The number of nitrogens with zero attached hydrogens (tertiary/aromatic N) is 1. The lowest BCUT2D eigenvalue weighted by molar-refractivity contribution is -0.116. The molecule has 0 aliphatic carbocycles. The van der Waals surface area contributed by atoms with E-state index < -0.39 is 0 Å². The van der Waals surface area contributed by atoms with Crippen LogP contribution in [0.3, 0.4) is 0 Å². The van der Waals surface area contributed by atoms with E-state index in [2.05, 4.69) is 20.9 Å². The molecular formula is C17H25ClN4O2. The van der Waals surface area contributed by atoms with Crippen LogP contribution in [0.2, 0.25) is 5.02 Å². The summed E-state index contributed by atoms with van der Waals surface area (Å²) in [6.45, 7) is 4.00. The molecule has 3 N–H and O–H groups in total. The highest BCUT2D eigenvalue weighted by Gasteiger charge is 2.15. The number of aryl methyl sites for hydroxylation is 1. The van der Waals surface area contributed by atoms with Gasteiger partial charge in [0.15, 0.2) is 5.96 Å². The molecule has 1 atom stereocenters. The van der Waals surface area contributed by atoms with Gasteiger partial charge < -0.3 is 20.7 Å². The first-order chi connectivity index (χ1) is 11.6. The lowest BCUT2D eigenvalue weighted by Gasteiger charge is -2.15. The zero-order valence-electron chi connectivity index (χ0n) is 14.2. The Morgan fingerprint density at radius 2 is 2.25 bits per heavy atom. The van der Waals surface area contributed by atoms with E-state index in [0.29, 0.717) is 29.6 Å². The largest absolute Gasteiger partial charge is 0.376 e. The van der Waals surface area contributed by atoms with Gasteiger partial charge in [-0.05, 0) is 37.5 Å². The fourth-order valence-electron chi connectivity index (χ4n) is 2.47. The summed E-state index contributed by atoms with van der Waals surface area (Å²) in [6, 6.07) is 5.55. The Kier molecular flexibility index (Phi) is 7.34. The fraction of sp³-hybridized carbons (Fsp3) is 0.529. The van der Waals surface area contributed by atoms with Crippen molar-refractivity contribution in [3.05, 3.63) is 28.8 Å². The van der Waals surface area contributed by atoms with Gasteiger partial charge >= 0.3 is 0 Å². The highest BCUT2D eigenvalue weighted by molar-refractivity contribution is 6.33. The van der Waals surface area contributed by atoms with E-state index in [9.17, 15) is 4.79 Å². The number of rotatable bonds is 6. The molecule has 1 aliphatic rings. The van der Waals surface area contributed by atoms with E-state index in [1.807, 2.05) is 25.1 Å². The van der Waals surface area contributed by atoms with Crippen LogP contribution in [0.15, 0.2) is 23.2 Å². The maximum absolute atomic E-state index is 12.0. The summed E-state index contributed by atoms with van der Waals surface area (Å²) in [5, 5.41) is 9.70. The van der Waals surface area contributed by atoms with E-state index in [0.717, 1.165) is 31.6 Å². The molecule has 6 nitrogen and oxygen atoms in total. The highest BCUT2D eigenvalue weighted by Crippen LogP contribution is 2.22. The van der Waals surface area contributed by atoms with Crippen LogP contribution in [0.5, 0.6) is 0 Å². The van der Waals surface area contributed by atoms with Crippen LogP contribution in [0.25, 0.3) is 0 Å². The molecule has 1 saturated heterocycles. The zero-order valence-corrected chi connectivity index (χ0v) is 14.9. The number of ether oxygens (including phenoxy) is 1. The lowest BCUT2D eigenvalue weighted by Crippen LogP contribution is -2.41. The van der Waals surface area contributed by atoms with Gasteiger partial charge in [0, 0.05) is 33.2 Å².